The van der Waals surface area contributed by atoms with Crippen LogP contribution >= 0.6 is 0 Å². The molecule has 1 aliphatic rings. The highest BCUT2D eigenvalue weighted by atomic mass is 19.1. The van der Waals surface area contributed by atoms with Gasteiger partial charge in [0.2, 0.25) is 0 Å². The van der Waals surface area contributed by atoms with E-state index in [1.807, 2.05) is 0 Å². The molecule has 1 heterocycles. The number of halogens is 1. The van der Waals surface area contributed by atoms with E-state index in [9.17, 15) is 14.0 Å². The van der Waals surface area contributed by atoms with Crippen LogP contribution in [0.1, 0.15) is 31.8 Å². The average molecular weight is 329 g/mol. The molecule has 0 fully saturated rings. The van der Waals surface area contributed by atoms with Gasteiger partial charge in [0.1, 0.15) is 18.2 Å². The molecule has 1 aliphatic heterocycles. The Labute approximate surface area is 138 Å². The van der Waals surface area contributed by atoms with Crippen molar-refractivity contribution in [1.82, 2.24) is 4.90 Å². The second kappa shape index (κ2) is 6.31. The summed E-state index contributed by atoms with van der Waals surface area (Å²) in [5.41, 5.74) is 2.22. The number of fused-ring (bicyclic) bond motifs is 1. The molecule has 0 aromatic heterocycles. The zero-order chi connectivity index (χ0) is 17.3. The molecule has 0 atom stereocenters. The van der Waals surface area contributed by atoms with E-state index < -0.39 is 11.8 Å². The van der Waals surface area contributed by atoms with Gasteiger partial charge in [0.15, 0.2) is 0 Å². The standard InChI is InChI=1S/C18H16FNO4/c1-20-9-12-7-14(5-6-15(12)17(20)21)24-10-11-3-4-13(19)8-16(11)18(22)23-2/h3-8H,9-10H2,1-2H3. The number of nitrogens with zero attached hydrogens (tertiary/aromatic N) is 1. The highest BCUT2D eigenvalue weighted by Gasteiger charge is 2.24. The van der Waals surface area contributed by atoms with Gasteiger partial charge in [-0.05, 0) is 35.9 Å². The third-order valence-corrected chi connectivity index (χ3v) is 3.93. The van der Waals surface area contributed by atoms with E-state index in [1.165, 1.54) is 19.2 Å². The minimum absolute atomic E-state index is 0.0111. The predicted molar refractivity (Wildman–Crippen MR) is 84.3 cm³/mol. The Balaban J connectivity index is 1.79. The number of hydrogen-bond donors (Lipinski definition) is 0. The minimum Gasteiger partial charge on any atom is -0.489 e. The lowest BCUT2D eigenvalue weighted by Gasteiger charge is -2.11. The summed E-state index contributed by atoms with van der Waals surface area (Å²) in [7, 11) is 2.98. The summed E-state index contributed by atoms with van der Waals surface area (Å²) in [6.07, 6.45) is 0. The number of ether oxygens (including phenoxy) is 2. The maximum Gasteiger partial charge on any atom is 0.338 e. The first-order valence-corrected chi connectivity index (χ1v) is 7.37. The number of carbonyl (C=O) groups is 2. The lowest BCUT2D eigenvalue weighted by Crippen LogP contribution is -2.17. The van der Waals surface area contributed by atoms with Crippen LogP contribution in [0.2, 0.25) is 0 Å². The van der Waals surface area contributed by atoms with Gasteiger partial charge < -0.3 is 14.4 Å². The molecule has 0 spiro atoms. The van der Waals surface area contributed by atoms with Gasteiger partial charge in [0, 0.05) is 24.7 Å². The van der Waals surface area contributed by atoms with E-state index in [0.717, 1.165) is 11.6 Å². The lowest BCUT2D eigenvalue weighted by molar-refractivity contribution is 0.0597. The van der Waals surface area contributed by atoms with Crippen molar-refractivity contribution in [2.75, 3.05) is 14.2 Å². The van der Waals surface area contributed by atoms with E-state index in [4.69, 9.17) is 4.74 Å². The first-order chi connectivity index (χ1) is 11.5. The third-order valence-electron chi connectivity index (χ3n) is 3.93. The number of methoxy groups -OCH3 is 1. The Bertz CT molecular complexity index is 819. The van der Waals surface area contributed by atoms with Crippen molar-refractivity contribution in [3.8, 4) is 5.75 Å². The molecule has 0 saturated carbocycles. The number of carbonyl (C=O) groups excluding carboxylic acids is 2. The summed E-state index contributed by atoms with van der Waals surface area (Å²) in [4.78, 5) is 25.2. The van der Waals surface area contributed by atoms with Crippen LogP contribution in [0.4, 0.5) is 4.39 Å². The largest absolute Gasteiger partial charge is 0.489 e. The lowest BCUT2D eigenvalue weighted by atomic mass is 10.1. The Kier molecular flexibility index (Phi) is 4.20. The second-order valence-electron chi connectivity index (χ2n) is 5.56. The summed E-state index contributed by atoms with van der Waals surface area (Å²) >= 11 is 0. The van der Waals surface area contributed by atoms with Gasteiger partial charge in [0.05, 0.1) is 12.7 Å². The number of amides is 1. The minimum atomic E-state index is -0.616. The highest BCUT2D eigenvalue weighted by molar-refractivity contribution is 5.98. The van der Waals surface area contributed by atoms with E-state index in [2.05, 4.69) is 4.74 Å². The van der Waals surface area contributed by atoms with Crippen LogP contribution < -0.4 is 4.74 Å². The van der Waals surface area contributed by atoms with Crippen molar-refractivity contribution in [2.45, 2.75) is 13.2 Å². The smallest absolute Gasteiger partial charge is 0.338 e. The molecule has 0 unspecified atom stereocenters. The molecular formula is C18H16FNO4. The topological polar surface area (TPSA) is 55.8 Å². The van der Waals surface area contributed by atoms with Gasteiger partial charge in [-0.2, -0.15) is 0 Å². The van der Waals surface area contributed by atoms with Crippen LogP contribution in [0.25, 0.3) is 0 Å². The molecule has 0 N–H and O–H groups in total. The van der Waals surface area contributed by atoms with Crippen LogP contribution in [0.15, 0.2) is 36.4 Å². The summed E-state index contributed by atoms with van der Waals surface area (Å²) < 4.78 is 23.7. The Morgan fingerprint density at radius 2 is 2.04 bits per heavy atom. The molecule has 5 nitrogen and oxygen atoms in total. The highest BCUT2D eigenvalue weighted by Crippen LogP contribution is 2.26. The molecule has 2 aromatic carbocycles. The molecule has 2 aromatic rings. The van der Waals surface area contributed by atoms with Gasteiger partial charge in [-0.3, -0.25) is 4.79 Å². The van der Waals surface area contributed by atoms with Crippen molar-refractivity contribution < 1.29 is 23.5 Å². The van der Waals surface area contributed by atoms with Crippen molar-refractivity contribution in [3.63, 3.8) is 0 Å². The molecule has 1 amide bonds. The first-order valence-electron chi connectivity index (χ1n) is 7.37. The average Bonchev–Trinajstić information content (AvgIpc) is 2.87. The fourth-order valence-corrected chi connectivity index (χ4v) is 2.67. The fraction of sp³-hybridized carbons (Fsp3) is 0.222. The van der Waals surface area contributed by atoms with Gasteiger partial charge >= 0.3 is 5.97 Å². The van der Waals surface area contributed by atoms with E-state index in [0.29, 0.717) is 23.4 Å². The third kappa shape index (κ3) is 2.95. The van der Waals surface area contributed by atoms with Crippen molar-refractivity contribution >= 4 is 11.9 Å². The van der Waals surface area contributed by atoms with Crippen LogP contribution in [-0.2, 0) is 17.9 Å². The van der Waals surface area contributed by atoms with Crippen molar-refractivity contribution in [2.24, 2.45) is 0 Å². The molecule has 0 radical (unpaired) electrons. The maximum absolute atomic E-state index is 13.3. The quantitative estimate of drug-likeness (QED) is 0.810. The van der Waals surface area contributed by atoms with Gasteiger partial charge in [-0.15, -0.1) is 0 Å². The second-order valence-corrected chi connectivity index (χ2v) is 5.56. The van der Waals surface area contributed by atoms with Gasteiger partial charge in [-0.25, -0.2) is 9.18 Å². The summed E-state index contributed by atoms with van der Waals surface area (Å²) in [6, 6.07) is 9.12. The molecule has 6 heteroatoms. The van der Waals surface area contributed by atoms with E-state index in [1.54, 1.807) is 30.1 Å². The number of esters is 1. The summed E-state index contributed by atoms with van der Waals surface area (Å²) in [5, 5.41) is 0. The molecule has 124 valence electrons. The Hall–Kier alpha value is -2.89. The predicted octanol–water partition coefficient (Wildman–Crippen LogP) is 2.78. The molecular weight excluding hydrogens is 313 g/mol. The molecule has 0 bridgehead atoms. The molecule has 0 aliphatic carbocycles. The van der Waals surface area contributed by atoms with Crippen molar-refractivity contribution in [3.05, 3.63) is 64.5 Å². The molecule has 0 saturated heterocycles. The zero-order valence-corrected chi connectivity index (χ0v) is 13.3. The summed E-state index contributed by atoms with van der Waals surface area (Å²) in [6.45, 7) is 0.628. The molecule has 3 rings (SSSR count). The Morgan fingerprint density at radius 3 is 2.79 bits per heavy atom. The summed E-state index contributed by atoms with van der Waals surface area (Å²) in [5.74, 6) is -0.562. The zero-order valence-electron chi connectivity index (χ0n) is 13.3. The van der Waals surface area contributed by atoms with Crippen molar-refractivity contribution in [1.29, 1.82) is 0 Å². The first kappa shape index (κ1) is 16.0. The number of rotatable bonds is 4. The van der Waals surface area contributed by atoms with Gasteiger partial charge in [-0.1, -0.05) is 6.07 Å². The van der Waals surface area contributed by atoms with Crippen LogP contribution in [-0.4, -0.2) is 30.9 Å². The molecule has 24 heavy (non-hydrogen) atoms. The fourth-order valence-electron chi connectivity index (χ4n) is 2.67. The number of hydrogen-bond acceptors (Lipinski definition) is 4. The van der Waals surface area contributed by atoms with E-state index in [-0.39, 0.29) is 18.1 Å². The monoisotopic (exact) mass is 329 g/mol. The maximum atomic E-state index is 13.3. The normalized spacial score (nSPS) is 13.0. The Morgan fingerprint density at radius 1 is 1.25 bits per heavy atom. The van der Waals surface area contributed by atoms with Crippen LogP contribution in [0, 0.1) is 5.82 Å². The SMILES string of the molecule is COC(=O)c1cc(F)ccc1COc1ccc2c(c1)CN(C)C2=O. The van der Waals surface area contributed by atoms with Crippen LogP contribution in [0.5, 0.6) is 5.75 Å². The van der Waals surface area contributed by atoms with E-state index >= 15 is 0 Å². The van der Waals surface area contributed by atoms with Gasteiger partial charge in [0.25, 0.3) is 5.91 Å². The van der Waals surface area contributed by atoms with Crippen LogP contribution in [0.3, 0.4) is 0 Å². The number of benzene rings is 2.